The Hall–Kier alpha value is -0.440. The van der Waals surface area contributed by atoms with Crippen LogP contribution in [-0.4, -0.2) is 30.1 Å². The summed E-state index contributed by atoms with van der Waals surface area (Å²) in [6.07, 6.45) is 0. The van der Waals surface area contributed by atoms with E-state index < -0.39 is 0 Å². The number of nitrogens with zero attached hydrogens (tertiary/aromatic N) is 2. The van der Waals surface area contributed by atoms with E-state index in [1.807, 2.05) is 6.92 Å². The molecule has 52 valence electrons. The standard InChI is InChI=1S/C6H12N2O/c1-3-8-4-6(2,5-8)7-9/h3-5H2,1-2H3. The molecule has 0 aromatic heterocycles. The van der Waals surface area contributed by atoms with Crippen LogP contribution in [0.3, 0.4) is 0 Å². The van der Waals surface area contributed by atoms with E-state index >= 15 is 0 Å². The lowest BCUT2D eigenvalue weighted by molar-refractivity contribution is 0.0911. The van der Waals surface area contributed by atoms with Crippen LogP contribution in [0.1, 0.15) is 13.8 Å². The quantitative estimate of drug-likeness (QED) is 0.516. The molecule has 0 atom stereocenters. The Morgan fingerprint density at radius 1 is 1.67 bits per heavy atom. The van der Waals surface area contributed by atoms with Crippen LogP contribution >= 0.6 is 0 Å². The lowest BCUT2D eigenvalue weighted by Crippen LogP contribution is -2.58. The minimum atomic E-state index is -0.268. The number of hydrogen-bond donors (Lipinski definition) is 0. The van der Waals surface area contributed by atoms with Gasteiger partial charge in [0.15, 0.2) is 0 Å². The van der Waals surface area contributed by atoms with Gasteiger partial charge in [-0.25, -0.2) is 0 Å². The summed E-state index contributed by atoms with van der Waals surface area (Å²) in [5.74, 6) is 0. The van der Waals surface area contributed by atoms with Crippen LogP contribution in [0.5, 0.6) is 0 Å². The molecule has 1 heterocycles. The van der Waals surface area contributed by atoms with Gasteiger partial charge in [0.25, 0.3) is 0 Å². The number of likely N-dealkylation sites (tertiary alicyclic amines) is 1. The maximum Gasteiger partial charge on any atom is 0.125 e. The zero-order valence-electron chi connectivity index (χ0n) is 5.92. The largest absolute Gasteiger partial charge is 0.298 e. The summed E-state index contributed by atoms with van der Waals surface area (Å²) in [5, 5.41) is 3.03. The molecular formula is C6H12N2O. The van der Waals surface area contributed by atoms with Gasteiger partial charge in [0, 0.05) is 13.1 Å². The molecule has 1 aliphatic heterocycles. The summed E-state index contributed by atoms with van der Waals surface area (Å²) < 4.78 is 0. The molecule has 0 spiro atoms. The fraction of sp³-hybridized carbons (Fsp3) is 1.00. The van der Waals surface area contributed by atoms with E-state index in [1.165, 1.54) is 0 Å². The van der Waals surface area contributed by atoms with Gasteiger partial charge in [-0.05, 0) is 13.5 Å². The third-order valence-electron chi connectivity index (χ3n) is 1.80. The van der Waals surface area contributed by atoms with Crippen molar-refractivity contribution in [2.24, 2.45) is 5.18 Å². The van der Waals surface area contributed by atoms with Gasteiger partial charge in [0.1, 0.15) is 5.54 Å². The molecule has 0 bridgehead atoms. The monoisotopic (exact) mass is 128 g/mol. The second kappa shape index (κ2) is 2.06. The van der Waals surface area contributed by atoms with Crippen molar-refractivity contribution in [2.75, 3.05) is 19.6 Å². The summed E-state index contributed by atoms with van der Waals surface area (Å²) in [6, 6.07) is 0. The number of rotatable bonds is 2. The SMILES string of the molecule is CCN1CC(C)(N=O)C1. The highest BCUT2D eigenvalue weighted by atomic mass is 16.3. The maximum atomic E-state index is 10.1. The molecule has 0 N–H and O–H groups in total. The van der Waals surface area contributed by atoms with Gasteiger partial charge in [-0.15, -0.1) is 0 Å². The highest BCUT2D eigenvalue weighted by Crippen LogP contribution is 2.22. The first kappa shape index (κ1) is 6.68. The first-order valence-corrected chi connectivity index (χ1v) is 3.27. The second-order valence-electron chi connectivity index (χ2n) is 2.89. The smallest absolute Gasteiger partial charge is 0.125 e. The van der Waals surface area contributed by atoms with Crippen molar-refractivity contribution in [1.29, 1.82) is 0 Å². The zero-order chi connectivity index (χ0) is 6.91. The van der Waals surface area contributed by atoms with E-state index in [1.54, 1.807) is 0 Å². The van der Waals surface area contributed by atoms with Crippen LogP contribution in [0.25, 0.3) is 0 Å². The molecule has 0 radical (unpaired) electrons. The summed E-state index contributed by atoms with van der Waals surface area (Å²) in [6.45, 7) is 6.70. The molecular weight excluding hydrogens is 116 g/mol. The lowest BCUT2D eigenvalue weighted by atomic mass is 9.94. The Labute approximate surface area is 55.0 Å². The van der Waals surface area contributed by atoms with Crippen LogP contribution in [0, 0.1) is 4.91 Å². The van der Waals surface area contributed by atoms with Gasteiger partial charge in [0.2, 0.25) is 0 Å². The summed E-state index contributed by atoms with van der Waals surface area (Å²) in [7, 11) is 0. The summed E-state index contributed by atoms with van der Waals surface area (Å²) in [5.41, 5.74) is -0.268. The molecule has 0 aliphatic carbocycles. The Morgan fingerprint density at radius 3 is 2.56 bits per heavy atom. The average molecular weight is 128 g/mol. The van der Waals surface area contributed by atoms with E-state index in [0.717, 1.165) is 19.6 Å². The topological polar surface area (TPSA) is 32.7 Å². The van der Waals surface area contributed by atoms with Crippen LogP contribution < -0.4 is 0 Å². The van der Waals surface area contributed by atoms with Crippen molar-refractivity contribution in [3.8, 4) is 0 Å². The predicted octanol–water partition coefficient (Wildman–Crippen LogP) is 0.847. The first-order valence-electron chi connectivity index (χ1n) is 3.27. The highest BCUT2D eigenvalue weighted by Gasteiger charge is 2.38. The molecule has 3 heteroatoms. The van der Waals surface area contributed by atoms with E-state index in [-0.39, 0.29) is 5.54 Å². The van der Waals surface area contributed by atoms with Gasteiger partial charge < -0.3 is 0 Å². The Kier molecular flexibility index (Phi) is 1.53. The molecule has 0 saturated carbocycles. The summed E-state index contributed by atoms with van der Waals surface area (Å²) >= 11 is 0. The van der Waals surface area contributed by atoms with Crippen molar-refractivity contribution in [3.63, 3.8) is 0 Å². The van der Waals surface area contributed by atoms with Gasteiger partial charge in [-0.3, -0.25) is 4.90 Å². The van der Waals surface area contributed by atoms with Crippen molar-refractivity contribution in [3.05, 3.63) is 4.91 Å². The molecule has 0 amide bonds. The molecule has 0 aromatic carbocycles. The van der Waals surface area contributed by atoms with Crippen molar-refractivity contribution in [2.45, 2.75) is 19.4 Å². The van der Waals surface area contributed by atoms with E-state index in [2.05, 4.69) is 17.0 Å². The van der Waals surface area contributed by atoms with Crippen LogP contribution in [-0.2, 0) is 0 Å². The molecule has 1 aliphatic rings. The van der Waals surface area contributed by atoms with Crippen LogP contribution in [0.15, 0.2) is 5.18 Å². The van der Waals surface area contributed by atoms with Gasteiger partial charge in [-0.2, -0.15) is 4.91 Å². The minimum Gasteiger partial charge on any atom is -0.298 e. The van der Waals surface area contributed by atoms with Gasteiger partial charge in [0.05, 0.1) is 0 Å². The molecule has 1 saturated heterocycles. The summed E-state index contributed by atoms with van der Waals surface area (Å²) in [4.78, 5) is 12.3. The average Bonchev–Trinajstić information content (AvgIpc) is 1.81. The van der Waals surface area contributed by atoms with Crippen molar-refractivity contribution in [1.82, 2.24) is 4.90 Å². The maximum absolute atomic E-state index is 10.1. The number of nitroso groups, excluding NO2 is 1. The zero-order valence-corrected chi connectivity index (χ0v) is 5.92. The lowest BCUT2D eigenvalue weighted by Gasteiger charge is -2.42. The molecule has 9 heavy (non-hydrogen) atoms. The molecule has 3 nitrogen and oxygen atoms in total. The first-order chi connectivity index (χ1) is 4.20. The Bertz CT molecular complexity index is 118. The number of hydrogen-bond acceptors (Lipinski definition) is 3. The minimum absolute atomic E-state index is 0.268. The van der Waals surface area contributed by atoms with E-state index in [4.69, 9.17) is 0 Å². The normalized spacial score (nSPS) is 25.1. The molecule has 1 fully saturated rings. The predicted molar refractivity (Wildman–Crippen MR) is 36.3 cm³/mol. The van der Waals surface area contributed by atoms with E-state index in [0.29, 0.717) is 0 Å². The number of likely N-dealkylation sites (N-methyl/N-ethyl adjacent to an activating group) is 1. The third-order valence-corrected chi connectivity index (χ3v) is 1.80. The van der Waals surface area contributed by atoms with Crippen LogP contribution in [0.2, 0.25) is 0 Å². The molecule has 1 rings (SSSR count). The second-order valence-corrected chi connectivity index (χ2v) is 2.89. The molecule has 0 aromatic rings. The van der Waals surface area contributed by atoms with Crippen molar-refractivity contribution >= 4 is 0 Å². The van der Waals surface area contributed by atoms with E-state index in [9.17, 15) is 4.91 Å². The van der Waals surface area contributed by atoms with Gasteiger partial charge >= 0.3 is 0 Å². The van der Waals surface area contributed by atoms with Crippen LogP contribution in [0.4, 0.5) is 0 Å². The Balaban J connectivity index is 2.32. The highest BCUT2D eigenvalue weighted by molar-refractivity contribution is 4.97. The van der Waals surface area contributed by atoms with Gasteiger partial charge in [-0.1, -0.05) is 12.1 Å². The fourth-order valence-electron chi connectivity index (χ4n) is 1.20. The fourth-order valence-corrected chi connectivity index (χ4v) is 1.20. The Morgan fingerprint density at radius 2 is 2.22 bits per heavy atom. The molecule has 0 unspecified atom stereocenters. The third kappa shape index (κ3) is 1.10. The van der Waals surface area contributed by atoms with Crippen molar-refractivity contribution < 1.29 is 0 Å².